The van der Waals surface area contributed by atoms with Gasteiger partial charge in [0.15, 0.2) is 0 Å². The quantitative estimate of drug-likeness (QED) is 0.677. The largest absolute Gasteiger partial charge is 0.297 e. The number of alkyl halides is 2. The lowest BCUT2D eigenvalue weighted by Crippen LogP contribution is -2.27. The van der Waals surface area contributed by atoms with Crippen LogP contribution in [-0.2, 0) is 0 Å². The molecule has 0 saturated carbocycles. The fourth-order valence-electron chi connectivity index (χ4n) is 1.44. The summed E-state index contributed by atoms with van der Waals surface area (Å²) < 4.78 is 0. The van der Waals surface area contributed by atoms with Crippen molar-refractivity contribution >= 4 is 29.3 Å². The van der Waals surface area contributed by atoms with E-state index in [1.165, 1.54) is 5.56 Å². The summed E-state index contributed by atoms with van der Waals surface area (Å²) in [6.07, 6.45) is 4.27. The minimum absolute atomic E-state index is 0.649. The van der Waals surface area contributed by atoms with Gasteiger partial charge in [0.25, 0.3) is 0 Å². The van der Waals surface area contributed by atoms with Gasteiger partial charge < -0.3 is 0 Å². The Kier molecular flexibility index (Phi) is 7.32. The van der Waals surface area contributed by atoms with Crippen LogP contribution in [-0.4, -0.2) is 36.3 Å². The predicted octanol–water partition coefficient (Wildman–Crippen LogP) is 3.48. The van der Waals surface area contributed by atoms with Crippen LogP contribution in [0.4, 0.5) is 0 Å². The molecule has 1 nitrogen and oxygen atoms in total. The number of rotatable bonds is 7. The van der Waals surface area contributed by atoms with Gasteiger partial charge >= 0.3 is 0 Å². The highest BCUT2D eigenvalue weighted by Gasteiger charge is 1.99. The van der Waals surface area contributed by atoms with Gasteiger partial charge in [0.2, 0.25) is 0 Å². The van der Waals surface area contributed by atoms with Crippen molar-refractivity contribution in [3.8, 4) is 0 Å². The van der Waals surface area contributed by atoms with Gasteiger partial charge in [0, 0.05) is 31.4 Å². The third-order valence-electron chi connectivity index (χ3n) is 2.27. The number of hydrogen-bond donors (Lipinski definition) is 0. The van der Waals surface area contributed by atoms with E-state index < -0.39 is 0 Å². The first-order valence-corrected chi connectivity index (χ1v) is 6.49. The molecule has 0 radical (unpaired) electrons. The van der Waals surface area contributed by atoms with E-state index in [0.717, 1.165) is 19.6 Å². The van der Waals surface area contributed by atoms with Gasteiger partial charge in [-0.25, -0.2) is 0 Å². The van der Waals surface area contributed by atoms with Gasteiger partial charge in [0.05, 0.1) is 0 Å². The molecular formula is C13H17Cl2N. The molecule has 88 valence electrons. The van der Waals surface area contributed by atoms with Crippen molar-refractivity contribution in [1.82, 2.24) is 4.90 Å². The second-order valence-electron chi connectivity index (χ2n) is 3.49. The molecule has 0 aliphatic rings. The molecular weight excluding hydrogens is 241 g/mol. The molecule has 0 bridgehead atoms. The van der Waals surface area contributed by atoms with E-state index in [0.29, 0.717) is 11.8 Å². The maximum atomic E-state index is 5.72. The van der Waals surface area contributed by atoms with Gasteiger partial charge in [-0.05, 0) is 5.56 Å². The Bertz CT molecular complexity index is 292. The summed E-state index contributed by atoms with van der Waals surface area (Å²) >= 11 is 11.4. The highest BCUT2D eigenvalue weighted by atomic mass is 35.5. The van der Waals surface area contributed by atoms with Gasteiger partial charge in [0.1, 0.15) is 0 Å². The van der Waals surface area contributed by atoms with E-state index in [1.54, 1.807) is 0 Å². The predicted molar refractivity (Wildman–Crippen MR) is 73.4 cm³/mol. The molecule has 16 heavy (non-hydrogen) atoms. The standard InChI is InChI=1S/C13H17Cl2N/c14-8-11-16(12-9-15)10-4-7-13-5-2-1-3-6-13/h1-7H,8-12H2/b7-4+. The highest BCUT2D eigenvalue weighted by molar-refractivity contribution is 6.18. The first-order chi connectivity index (χ1) is 7.86. The molecule has 0 aromatic heterocycles. The number of benzene rings is 1. The fourth-order valence-corrected chi connectivity index (χ4v) is 1.91. The van der Waals surface area contributed by atoms with Gasteiger partial charge in [-0.2, -0.15) is 0 Å². The van der Waals surface area contributed by atoms with Crippen LogP contribution in [0.2, 0.25) is 0 Å². The molecule has 0 aliphatic heterocycles. The summed E-state index contributed by atoms with van der Waals surface area (Å²) in [5, 5.41) is 0. The Labute approximate surface area is 108 Å². The average Bonchev–Trinajstić information content (AvgIpc) is 2.31. The average molecular weight is 258 g/mol. The SMILES string of the molecule is ClCCN(C/C=C/c1ccccc1)CCCl. The van der Waals surface area contributed by atoms with Crippen molar-refractivity contribution in [1.29, 1.82) is 0 Å². The zero-order chi connectivity index (χ0) is 11.6. The van der Waals surface area contributed by atoms with E-state index >= 15 is 0 Å². The van der Waals surface area contributed by atoms with Gasteiger partial charge in [-0.3, -0.25) is 4.90 Å². The Hall–Kier alpha value is -0.500. The molecule has 0 fully saturated rings. The molecule has 0 N–H and O–H groups in total. The minimum atomic E-state index is 0.649. The molecule has 3 heteroatoms. The van der Waals surface area contributed by atoms with Crippen molar-refractivity contribution < 1.29 is 0 Å². The topological polar surface area (TPSA) is 3.24 Å². The Morgan fingerprint density at radius 1 is 1.00 bits per heavy atom. The van der Waals surface area contributed by atoms with Crippen LogP contribution in [0.1, 0.15) is 5.56 Å². The summed E-state index contributed by atoms with van der Waals surface area (Å²) in [5.74, 6) is 1.30. The van der Waals surface area contributed by atoms with Crippen LogP contribution >= 0.6 is 23.2 Å². The fraction of sp³-hybridized carbons (Fsp3) is 0.385. The van der Waals surface area contributed by atoms with Crippen molar-refractivity contribution in [3.05, 3.63) is 42.0 Å². The third kappa shape index (κ3) is 5.55. The van der Waals surface area contributed by atoms with Crippen LogP contribution in [0.3, 0.4) is 0 Å². The lowest BCUT2D eigenvalue weighted by molar-refractivity contribution is 0.342. The molecule has 0 spiro atoms. The second-order valence-corrected chi connectivity index (χ2v) is 4.25. The summed E-state index contributed by atoms with van der Waals surface area (Å²) in [4.78, 5) is 2.24. The van der Waals surface area contributed by atoms with Crippen molar-refractivity contribution in [2.24, 2.45) is 0 Å². The number of hydrogen-bond acceptors (Lipinski definition) is 1. The van der Waals surface area contributed by atoms with E-state index in [2.05, 4.69) is 29.2 Å². The Morgan fingerprint density at radius 2 is 1.62 bits per heavy atom. The smallest absolute Gasteiger partial charge is 0.0351 e. The zero-order valence-electron chi connectivity index (χ0n) is 9.28. The second kappa shape index (κ2) is 8.63. The maximum Gasteiger partial charge on any atom is 0.0351 e. The summed E-state index contributed by atoms with van der Waals surface area (Å²) in [7, 11) is 0. The van der Waals surface area contributed by atoms with E-state index in [-0.39, 0.29) is 0 Å². The van der Waals surface area contributed by atoms with Crippen LogP contribution < -0.4 is 0 Å². The van der Waals surface area contributed by atoms with Crippen LogP contribution in [0, 0.1) is 0 Å². The monoisotopic (exact) mass is 257 g/mol. The molecule has 0 unspecified atom stereocenters. The normalized spacial score (nSPS) is 11.4. The summed E-state index contributed by atoms with van der Waals surface area (Å²) in [6, 6.07) is 10.3. The van der Waals surface area contributed by atoms with Crippen LogP contribution in [0.25, 0.3) is 6.08 Å². The molecule has 0 atom stereocenters. The Balaban J connectivity index is 2.39. The van der Waals surface area contributed by atoms with Crippen LogP contribution in [0.15, 0.2) is 36.4 Å². The maximum absolute atomic E-state index is 5.72. The molecule has 1 aromatic rings. The molecule has 0 aliphatic carbocycles. The Morgan fingerprint density at radius 3 is 2.19 bits per heavy atom. The van der Waals surface area contributed by atoms with Gasteiger partial charge in [-0.15, -0.1) is 23.2 Å². The number of halogens is 2. The first-order valence-electron chi connectivity index (χ1n) is 5.42. The lowest BCUT2D eigenvalue weighted by Gasteiger charge is -2.17. The number of nitrogens with zero attached hydrogens (tertiary/aromatic N) is 1. The molecule has 1 rings (SSSR count). The molecule has 0 heterocycles. The van der Waals surface area contributed by atoms with Crippen molar-refractivity contribution in [2.75, 3.05) is 31.4 Å². The minimum Gasteiger partial charge on any atom is -0.297 e. The van der Waals surface area contributed by atoms with E-state index in [4.69, 9.17) is 23.2 Å². The molecule has 0 saturated heterocycles. The van der Waals surface area contributed by atoms with Crippen LogP contribution in [0.5, 0.6) is 0 Å². The molecule has 0 amide bonds. The van der Waals surface area contributed by atoms with E-state index in [9.17, 15) is 0 Å². The summed E-state index contributed by atoms with van der Waals surface area (Å²) in [6.45, 7) is 2.66. The first kappa shape index (κ1) is 13.6. The highest BCUT2D eigenvalue weighted by Crippen LogP contribution is 2.01. The lowest BCUT2D eigenvalue weighted by atomic mass is 10.2. The van der Waals surface area contributed by atoms with Crippen molar-refractivity contribution in [3.63, 3.8) is 0 Å². The van der Waals surface area contributed by atoms with Gasteiger partial charge in [-0.1, -0.05) is 42.5 Å². The molecule has 1 aromatic carbocycles. The zero-order valence-corrected chi connectivity index (χ0v) is 10.8. The van der Waals surface area contributed by atoms with E-state index in [1.807, 2.05) is 18.2 Å². The van der Waals surface area contributed by atoms with Crippen molar-refractivity contribution in [2.45, 2.75) is 0 Å². The summed E-state index contributed by atoms with van der Waals surface area (Å²) in [5.41, 5.74) is 1.22. The third-order valence-corrected chi connectivity index (χ3v) is 2.61.